The van der Waals surface area contributed by atoms with E-state index in [2.05, 4.69) is 11.4 Å². The third-order valence-corrected chi connectivity index (χ3v) is 3.23. The summed E-state index contributed by atoms with van der Waals surface area (Å²) < 4.78 is 0. The van der Waals surface area contributed by atoms with Crippen LogP contribution >= 0.6 is 0 Å². The van der Waals surface area contributed by atoms with Crippen molar-refractivity contribution >= 4 is 5.91 Å². The van der Waals surface area contributed by atoms with E-state index in [9.17, 15) is 4.79 Å². The second-order valence-electron chi connectivity index (χ2n) is 4.30. The Balaban J connectivity index is 2.36. The zero-order valence-electron chi connectivity index (χ0n) is 8.97. The predicted octanol–water partition coefficient (Wildman–Crippen LogP) is 1.84. The van der Waals surface area contributed by atoms with Crippen LogP contribution in [0.1, 0.15) is 39.5 Å². The van der Waals surface area contributed by atoms with E-state index >= 15 is 0 Å². The molecule has 1 amide bonds. The van der Waals surface area contributed by atoms with E-state index in [-0.39, 0.29) is 5.91 Å². The summed E-state index contributed by atoms with van der Waals surface area (Å²) in [6, 6.07) is 2.08. The molecule has 1 fully saturated rings. The first kappa shape index (κ1) is 11.0. The Morgan fingerprint density at radius 1 is 1.64 bits per heavy atom. The van der Waals surface area contributed by atoms with Crippen LogP contribution < -0.4 is 5.32 Å². The number of nitriles is 1. The molecule has 1 atom stereocenters. The summed E-state index contributed by atoms with van der Waals surface area (Å²) in [5.74, 6) is 0.535. The largest absolute Gasteiger partial charge is 0.354 e. The van der Waals surface area contributed by atoms with Crippen molar-refractivity contribution in [3.8, 4) is 6.07 Å². The van der Waals surface area contributed by atoms with Gasteiger partial charge in [-0.1, -0.05) is 13.3 Å². The van der Waals surface area contributed by atoms with Gasteiger partial charge in [-0.15, -0.1) is 0 Å². The molecule has 1 aliphatic rings. The van der Waals surface area contributed by atoms with Gasteiger partial charge in [0, 0.05) is 6.54 Å². The molecule has 14 heavy (non-hydrogen) atoms. The molecule has 3 nitrogen and oxygen atoms in total. The molecule has 0 saturated heterocycles. The van der Waals surface area contributed by atoms with Crippen LogP contribution in [0.15, 0.2) is 0 Å². The van der Waals surface area contributed by atoms with Gasteiger partial charge in [0.25, 0.3) is 0 Å². The molecule has 0 bridgehead atoms. The zero-order valence-corrected chi connectivity index (χ0v) is 8.97. The van der Waals surface area contributed by atoms with Crippen molar-refractivity contribution in [1.82, 2.24) is 5.32 Å². The summed E-state index contributed by atoms with van der Waals surface area (Å²) in [5.41, 5.74) is -0.844. The fourth-order valence-corrected chi connectivity index (χ4v) is 1.42. The van der Waals surface area contributed by atoms with E-state index < -0.39 is 5.41 Å². The van der Waals surface area contributed by atoms with Crippen LogP contribution in [0.3, 0.4) is 0 Å². The zero-order chi connectivity index (χ0) is 10.6. The van der Waals surface area contributed by atoms with Gasteiger partial charge in [-0.3, -0.25) is 4.79 Å². The third-order valence-electron chi connectivity index (χ3n) is 3.23. The normalized spacial score (nSPS) is 20.4. The van der Waals surface area contributed by atoms with Gasteiger partial charge < -0.3 is 5.32 Å². The number of hydrogen-bond acceptors (Lipinski definition) is 2. The Kier molecular flexibility index (Phi) is 3.51. The minimum Gasteiger partial charge on any atom is -0.354 e. The van der Waals surface area contributed by atoms with Crippen LogP contribution in [0.25, 0.3) is 0 Å². The molecular weight excluding hydrogens is 176 g/mol. The molecule has 0 aromatic carbocycles. The van der Waals surface area contributed by atoms with Gasteiger partial charge in [-0.25, -0.2) is 0 Å². The maximum Gasteiger partial charge on any atom is 0.240 e. The Morgan fingerprint density at radius 3 is 2.64 bits per heavy atom. The Bertz CT molecular complexity index is 253. The molecule has 78 valence electrons. The minimum atomic E-state index is -0.844. The van der Waals surface area contributed by atoms with E-state index in [1.54, 1.807) is 6.92 Å². The van der Waals surface area contributed by atoms with Gasteiger partial charge in [0.2, 0.25) is 5.91 Å². The first-order chi connectivity index (χ1) is 6.62. The molecule has 1 N–H and O–H groups in total. The molecule has 0 spiro atoms. The molecule has 0 aliphatic heterocycles. The van der Waals surface area contributed by atoms with Crippen LogP contribution in [-0.4, -0.2) is 12.5 Å². The van der Waals surface area contributed by atoms with Crippen molar-refractivity contribution in [2.24, 2.45) is 11.3 Å². The van der Waals surface area contributed by atoms with Gasteiger partial charge in [0.05, 0.1) is 6.07 Å². The molecule has 0 aromatic heterocycles. The highest BCUT2D eigenvalue weighted by atomic mass is 16.2. The molecule has 1 rings (SSSR count). The third kappa shape index (κ3) is 2.25. The molecule has 3 heteroatoms. The van der Waals surface area contributed by atoms with Gasteiger partial charge in [-0.05, 0) is 32.1 Å². The Labute approximate surface area is 85.5 Å². The summed E-state index contributed by atoms with van der Waals surface area (Å²) in [6.07, 6.45) is 4.29. The van der Waals surface area contributed by atoms with Crippen LogP contribution in [0.5, 0.6) is 0 Å². The van der Waals surface area contributed by atoms with Gasteiger partial charge >= 0.3 is 0 Å². The molecule has 0 aromatic rings. The quantitative estimate of drug-likeness (QED) is 0.742. The maximum atomic E-state index is 11.6. The first-order valence-corrected chi connectivity index (χ1v) is 5.32. The lowest BCUT2D eigenvalue weighted by atomic mass is 9.84. The number of hydrogen-bond donors (Lipinski definition) is 1. The van der Waals surface area contributed by atoms with E-state index in [1.807, 2.05) is 6.92 Å². The average Bonchev–Trinajstić information content (AvgIpc) is 2.14. The minimum absolute atomic E-state index is 0.116. The summed E-state index contributed by atoms with van der Waals surface area (Å²) in [7, 11) is 0. The van der Waals surface area contributed by atoms with Crippen molar-refractivity contribution < 1.29 is 4.79 Å². The van der Waals surface area contributed by atoms with Crippen molar-refractivity contribution in [1.29, 1.82) is 5.26 Å². The first-order valence-electron chi connectivity index (χ1n) is 5.32. The SMILES string of the molecule is CCC(C)(C#N)C(=O)NCC1CCC1. The van der Waals surface area contributed by atoms with Crippen LogP contribution in [0.4, 0.5) is 0 Å². The summed E-state index contributed by atoms with van der Waals surface area (Å²) in [6.45, 7) is 4.31. The second-order valence-corrected chi connectivity index (χ2v) is 4.30. The number of carbonyl (C=O) groups is 1. The Hall–Kier alpha value is -1.04. The summed E-state index contributed by atoms with van der Waals surface area (Å²) in [4.78, 5) is 11.6. The molecule has 0 radical (unpaired) electrons. The van der Waals surface area contributed by atoms with Crippen molar-refractivity contribution in [2.45, 2.75) is 39.5 Å². The molecule has 1 unspecified atom stereocenters. The van der Waals surface area contributed by atoms with Gasteiger partial charge in [0.1, 0.15) is 5.41 Å². The number of amides is 1. The molecular formula is C11H18N2O. The van der Waals surface area contributed by atoms with Crippen LogP contribution in [0, 0.1) is 22.7 Å². The smallest absolute Gasteiger partial charge is 0.240 e. The number of rotatable bonds is 4. The highest BCUT2D eigenvalue weighted by molar-refractivity contribution is 5.84. The second kappa shape index (κ2) is 4.45. The monoisotopic (exact) mass is 194 g/mol. The highest BCUT2D eigenvalue weighted by Gasteiger charge is 2.31. The number of nitrogens with zero attached hydrogens (tertiary/aromatic N) is 1. The average molecular weight is 194 g/mol. The lowest BCUT2D eigenvalue weighted by Crippen LogP contribution is -2.41. The lowest BCUT2D eigenvalue weighted by molar-refractivity contribution is -0.127. The number of nitrogens with one attached hydrogen (secondary N) is 1. The van der Waals surface area contributed by atoms with Crippen molar-refractivity contribution in [2.75, 3.05) is 6.54 Å². The fraction of sp³-hybridized carbons (Fsp3) is 0.818. The fourth-order valence-electron chi connectivity index (χ4n) is 1.42. The summed E-state index contributed by atoms with van der Waals surface area (Å²) in [5, 5.41) is 11.7. The standard InChI is InChI=1S/C11H18N2O/c1-3-11(2,8-12)10(14)13-7-9-5-4-6-9/h9H,3-7H2,1-2H3,(H,13,14). The van der Waals surface area contributed by atoms with E-state index in [0.717, 1.165) is 6.54 Å². The molecule has 0 heterocycles. The van der Waals surface area contributed by atoms with Gasteiger partial charge in [0.15, 0.2) is 0 Å². The molecule has 1 saturated carbocycles. The van der Waals surface area contributed by atoms with Gasteiger partial charge in [-0.2, -0.15) is 5.26 Å². The topological polar surface area (TPSA) is 52.9 Å². The van der Waals surface area contributed by atoms with Crippen molar-refractivity contribution in [3.63, 3.8) is 0 Å². The highest BCUT2D eigenvalue weighted by Crippen LogP contribution is 2.26. The van der Waals surface area contributed by atoms with E-state index in [4.69, 9.17) is 5.26 Å². The van der Waals surface area contributed by atoms with E-state index in [0.29, 0.717) is 12.3 Å². The van der Waals surface area contributed by atoms with Crippen molar-refractivity contribution in [3.05, 3.63) is 0 Å². The van der Waals surface area contributed by atoms with Crippen LogP contribution in [-0.2, 0) is 4.79 Å². The lowest BCUT2D eigenvalue weighted by Gasteiger charge is -2.27. The van der Waals surface area contributed by atoms with E-state index in [1.165, 1.54) is 19.3 Å². The predicted molar refractivity (Wildman–Crippen MR) is 54.4 cm³/mol. The molecule has 1 aliphatic carbocycles. The number of carbonyl (C=O) groups excluding carboxylic acids is 1. The van der Waals surface area contributed by atoms with Crippen LogP contribution in [0.2, 0.25) is 0 Å². The Morgan fingerprint density at radius 2 is 2.29 bits per heavy atom. The summed E-state index contributed by atoms with van der Waals surface area (Å²) >= 11 is 0. The maximum absolute atomic E-state index is 11.6.